The standard InChI is InChI=1S/C20H22N2O3S/c1-25-15-7-8-18-16(11-15)17(12-19(23)22-18)20(24)21-9-10-26-13-14-5-3-2-4-6-14/h2-8,11,17H,9-10,12-13H2,1H3,(H,21,24)(H,22,23). The summed E-state index contributed by atoms with van der Waals surface area (Å²) >= 11 is 1.77. The number of methoxy groups -OCH3 is 1. The molecular formula is C20H22N2O3S. The summed E-state index contributed by atoms with van der Waals surface area (Å²) in [4.78, 5) is 24.5. The Balaban J connectivity index is 1.54. The van der Waals surface area contributed by atoms with Gasteiger partial charge in [-0.15, -0.1) is 0 Å². The second-order valence-corrected chi connectivity index (χ2v) is 7.19. The van der Waals surface area contributed by atoms with Gasteiger partial charge in [0.05, 0.1) is 13.0 Å². The number of hydrogen-bond donors (Lipinski definition) is 2. The highest BCUT2D eigenvalue weighted by molar-refractivity contribution is 7.98. The van der Waals surface area contributed by atoms with Crippen LogP contribution in [-0.4, -0.2) is 31.2 Å². The lowest BCUT2D eigenvalue weighted by Gasteiger charge is -2.25. The molecule has 0 radical (unpaired) electrons. The van der Waals surface area contributed by atoms with Crippen molar-refractivity contribution in [1.29, 1.82) is 0 Å². The number of hydrogen-bond acceptors (Lipinski definition) is 4. The third-order valence-electron chi connectivity index (χ3n) is 4.27. The predicted octanol–water partition coefficient (Wildman–Crippen LogP) is 3.17. The first kappa shape index (κ1) is 18.3. The van der Waals surface area contributed by atoms with Crippen LogP contribution in [0.4, 0.5) is 5.69 Å². The second kappa shape index (κ2) is 8.76. The van der Waals surface area contributed by atoms with E-state index in [9.17, 15) is 9.59 Å². The number of fused-ring (bicyclic) bond motifs is 1. The van der Waals surface area contributed by atoms with E-state index in [0.717, 1.165) is 17.1 Å². The molecule has 136 valence electrons. The number of benzene rings is 2. The van der Waals surface area contributed by atoms with Gasteiger partial charge in [-0.1, -0.05) is 30.3 Å². The van der Waals surface area contributed by atoms with E-state index in [1.54, 1.807) is 31.0 Å². The molecule has 3 rings (SSSR count). The number of carbonyl (C=O) groups is 2. The Morgan fingerprint density at radius 3 is 2.85 bits per heavy atom. The SMILES string of the molecule is COc1ccc2c(c1)C(C(=O)NCCSCc1ccccc1)CC(=O)N2. The molecule has 5 nitrogen and oxygen atoms in total. The van der Waals surface area contributed by atoms with Crippen molar-refractivity contribution in [2.24, 2.45) is 0 Å². The molecule has 1 unspecified atom stereocenters. The van der Waals surface area contributed by atoms with Crippen molar-refractivity contribution in [3.63, 3.8) is 0 Å². The van der Waals surface area contributed by atoms with E-state index in [1.165, 1.54) is 5.56 Å². The molecule has 26 heavy (non-hydrogen) atoms. The first-order valence-corrected chi connectivity index (χ1v) is 9.70. The number of rotatable bonds is 7. The molecule has 0 bridgehead atoms. The molecule has 2 N–H and O–H groups in total. The van der Waals surface area contributed by atoms with Crippen LogP contribution < -0.4 is 15.4 Å². The van der Waals surface area contributed by atoms with Crippen LogP contribution in [0.1, 0.15) is 23.5 Å². The summed E-state index contributed by atoms with van der Waals surface area (Å²) in [6.45, 7) is 0.577. The van der Waals surface area contributed by atoms with Crippen molar-refractivity contribution in [2.45, 2.75) is 18.1 Å². The average molecular weight is 370 g/mol. The van der Waals surface area contributed by atoms with E-state index in [2.05, 4.69) is 22.8 Å². The largest absolute Gasteiger partial charge is 0.497 e. The third kappa shape index (κ3) is 4.58. The highest BCUT2D eigenvalue weighted by atomic mass is 32.2. The van der Waals surface area contributed by atoms with Crippen molar-refractivity contribution in [3.8, 4) is 5.75 Å². The Kier molecular flexibility index (Phi) is 6.17. The lowest BCUT2D eigenvalue weighted by atomic mass is 9.89. The number of thioether (sulfide) groups is 1. The molecule has 0 aliphatic carbocycles. The molecule has 1 aliphatic heterocycles. The third-order valence-corrected chi connectivity index (χ3v) is 5.30. The van der Waals surface area contributed by atoms with Gasteiger partial charge in [0, 0.05) is 30.2 Å². The number of carbonyl (C=O) groups excluding carboxylic acids is 2. The molecule has 0 fully saturated rings. The van der Waals surface area contributed by atoms with Gasteiger partial charge in [-0.05, 0) is 29.3 Å². The van der Waals surface area contributed by atoms with Crippen LogP contribution in [0.15, 0.2) is 48.5 Å². The van der Waals surface area contributed by atoms with Crippen LogP contribution in [0.2, 0.25) is 0 Å². The quantitative estimate of drug-likeness (QED) is 0.735. The summed E-state index contributed by atoms with van der Waals surface area (Å²) in [6.07, 6.45) is 0.156. The van der Waals surface area contributed by atoms with Gasteiger partial charge in [-0.3, -0.25) is 9.59 Å². The Morgan fingerprint density at radius 2 is 2.08 bits per heavy atom. The minimum Gasteiger partial charge on any atom is -0.497 e. The average Bonchev–Trinajstić information content (AvgIpc) is 2.67. The minimum atomic E-state index is -0.479. The topological polar surface area (TPSA) is 67.4 Å². The maximum Gasteiger partial charge on any atom is 0.228 e. The first-order chi connectivity index (χ1) is 12.7. The highest BCUT2D eigenvalue weighted by Crippen LogP contribution is 2.35. The molecule has 0 spiro atoms. The summed E-state index contributed by atoms with van der Waals surface area (Å²) in [5.41, 5.74) is 2.76. The normalized spacial score (nSPS) is 15.7. The van der Waals surface area contributed by atoms with Gasteiger partial charge in [0.15, 0.2) is 0 Å². The van der Waals surface area contributed by atoms with E-state index in [0.29, 0.717) is 18.0 Å². The Bertz CT molecular complexity index is 780. The van der Waals surface area contributed by atoms with Gasteiger partial charge in [-0.2, -0.15) is 11.8 Å². The van der Waals surface area contributed by atoms with Crippen LogP contribution in [0, 0.1) is 0 Å². The van der Waals surface area contributed by atoms with E-state index < -0.39 is 5.92 Å². The summed E-state index contributed by atoms with van der Waals surface area (Å²) in [5.74, 6) is 1.69. The summed E-state index contributed by atoms with van der Waals surface area (Å²) in [6, 6.07) is 15.6. The van der Waals surface area contributed by atoms with E-state index in [-0.39, 0.29) is 18.2 Å². The molecule has 6 heteroatoms. The summed E-state index contributed by atoms with van der Waals surface area (Å²) in [5, 5.41) is 5.77. The molecule has 0 aromatic heterocycles. The van der Waals surface area contributed by atoms with Crippen molar-refractivity contribution >= 4 is 29.3 Å². The number of nitrogens with one attached hydrogen (secondary N) is 2. The Hall–Kier alpha value is -2.47. The maximum atomic E-state index is 12.6. The van der Waals surface area contributed by atoms with E-state index in [1.807, 2.05) is 24.3 Å². The number of anilines is 1. The predicted molar refractivity (Wildman–Crippen MR) is 105 cm³/mol. The van der Waals surface area contributed by atoms with Gasteiger partial charge < -0.3 is 15.4 Å². The number of ether oxygens (including phenoxy) is 1. The van der Waals surface area contributed by atoms with Gasteiger partial charge in [-0.25, -0.2) is 0 Å². The van der Waals surface area contributed by atoms with Crippen LogP contribution in [0.5, 0.6) is 5.75 Å². The molecule has 2 amide bonds. The van der Waals surface area contributed by atoms with Crippen molar-refractivity contribution in [3.05, 3.63) is 59.7 Å². The molecule has 1 atom stereocenters. The van der Waals surface area contributed by atoms with Gasteiger partial charge in [0.25, 0.3) is 0 Å². The molecule has 0 saturated carbocycles. The van der Waals surface area contributed by atoms with Gasteiger partial charge in [0.1, 0.15) is 5.75 Å². The first-order valence-electron chi connectivity index (χ1n) is 8.54. The van der Waals surface area contributed by atoms with Gasteiger partial charge in [0.2, 0.25) is 11.8 Å². The summed E-state index contributed by atoms with van der Waals surface area (Å²) in [7, 11) is 1.59. The van der Waals surface area contributed by atoms with Crippen molar-refractivity contribution in [1.82, 2.24) is 5.32 Å². The zero-order valence-electron chi connectivity index (χ0n) is 14.7. The van der Waals surface area contributed by atoms with E-state index >= 15 is 0 Å². The van der Waals surface area contributed by atoms with Gasteiger partial charge >= 0.3 is 0 Å². The monoisotopic (exact) mass is 370 g/mol. The van der Waals surface area contributed by atoms with Crippen LogP contribution >= 0.6 is 11.8 Å². The fourth-order valence-corrected chi connectivity index (χ4v) is 3.75. The van der Waals surface area contributed by atoms with Crippen molar-refractivity contribution in [2.75, 3.05) is 24.7 Å². The zero-order valence-corrected chi connectivity index (χ0v) is 15.5. The molecule has 2 aromatic carbocycles. The zero-order chi connectivity index (χ0) is 18.4. The fourth-order valence-electron chi connectivity index (χ4n) is 2.93. The molecule has 2 aromatic rings. The second-order valence-electron chi connectivity index (χ2n) is 6.09. The molecular weight excluding hydrogens is 348 g/mol. The van der Waals surface area contributed by atoms with E-state index in [4.69, 9.17) is 4.74 Å². The smallest absolute Gasteiger partial charge is 0.228 e. The lowest BCUT2D eigenvalue weighted by Crippen LogP contribution is -2.36. The lowest BCUT2D eigenvalue weighted by molar-refractivity contribution is -0.126. The Morgan fingerprint density at radius 1 is 1.27 bits per heavy atom. The van der Waals surface area contributed by atoms with Crippen LogP contribution in [0.3, 0.4) is 0 Å². The fraction of sp³-hybridized carbons (Fsp3) is 0.300. The summed E-state index contributed by atoms with van der Waals surface area (Å²) < 4.78 is 5.24. The van der Waals surface area contributed by atoms with Crippen molar-refractivity contribution < 1.29 is 14.3 Å². The molecule has 1 heterocycles. The highest BCUT2D eigenvalue weighted by Gasteiger charge is 2.30. The van der Waals surface area contributed by atoms with Crippen LogP contribution in [-0.2, 0) is 15.3 Å². The van der Waals surface area contributed by atoms with Crippen LogP contribution in [0.25, 0.3) is 0 Å². The number of amides is 2. The molecule has 1 aliphatic rings. The maximum absolute atomic E-state index is 12.6. The minimum absolute atomic E-state index is 0.116. The Labute approximate surface area is 157 Å². The molecule has 0 saturated heterocycles.